The van der Waals surface area contributed by atoms with E-state index in [0.717, 1.165) is 11.1 Å². The molecule has 7 rings (SSSR count). The van der Waals surface area contributed by atoms with E-state index in [0.29, 0.717) is 17.9 Å². The van der Waals surface area contributed by atoms with Gasteiger partial charge in [0.15, 0.2) is 12.2 Å². The fourth-order valence-electron chi connectivity index (χ4n) is 6.73. The summed E-state index contributed by atoms with van der Waals surface area (Å²) in [6, 6.07) is 47.8. The Morgan fingerprint density at radius 2 is 0.950 bits per heavy atom. The smallest absolute Gasteiger partial charge is 0.338 e. The lowest BCUT2D eigenvalue weighted by Crippen LogP contribution is -2.65. The topological polar surface area (TPSA) is 133 Å². The van der Waals surface area contributed by atoms with Crippen molar-refractivity contribution in [2.45, 2.75) is 50.2 Å². The van der Waals surface area contributed by atoms with E-state index >= 15 is 0 Å². The van der Waals surface area contributed by atoms with Gasteiger partial charge < -0.3 is 33.2 Å². The maximum Gasteiger partial charge on any atom is 0.338 e. The number of ether oxygens (including phenoxy) is 7. The van der Waals surface area contributed by atoms with E-state index in [1.54, 1.807) is 147 Å². The molecule has 6 atom stereocenters. The van der Waals surface area contributed by atoms with Crippen molar-refractivity contribution in [3.8, 4) is 11.5 Å². The van der Waals surface area contributed by atoms with Crippen molar-refractivity contribution >= 4 is 23.9 Å². The van der Waals surface area contributed by atoms with Crippen LogP contribution in [0.5, 0.6) is 11.5 Å². The molecule has 6 aromatic rings. The molecule has 0 radical (unpaired) electrons. The summed E-state index contributed by atoms with van der Waals surface area (Å²) in [7, 11) is 1.59. The Balaban J connectivity index is 1.33. The third-order valence-corrected chi connectivity index (χ3v) is 9.82. The van der Waals surface area contributed by atoms with E-state index in [2.05, 4.69) is 0 Å². The SMILES string of the molecule is COc1ccc(Cc2ccccc2O[C@@H]2O[C@H]([C@@H](C)OC(=O)c3ccccc3)[C@@H](OC(=O)c3ccccc3)[C@H](OC(=O)c3ccccc3)[C@H]2OC(=O)c2ccccc2)cc1. The fraction of sp³-hybridized carbons (Fsp3) is 0.184. The molecule has 11 heteroatoms. The number of carbonyl (C=O) groups excluding carboxylic acids is 4. The number of hydrogen-bond donors (Lipinski definition) is 0. The minimum Gasteiger partial charge on any atom is -0.497 e. The largest absolute Gasteiger partial charge is 0.497 e. The second-order valence-corrected chi connectivity index (χ2v) is 13.9. The molecule has 6 aromatic carbocycles. The summed E-state index contributed by atoms with van der Waals surface area (Å²) in [6.07, 6.45) is -8.24. The molecular weight excluding hydrogens is 765 g/mol. The van der Waals surface area contributed by atoms with Crippen LogP contribution >= 0.6 is 0 Å². The summed E-state index contributed by atoms with van der Waals surface area (Å²) in [4.78, 5) is 55.5. The number of methoxy groups -OCH3 is 1. The number of para-hydroxylation sites is 1. The average Bonchev–Trinajstić information content (AvgIpc) is 3.29. The molecule has 0 aromatic heterocycles. The van der Waals surface area contributed by atoms with Crippen molar-refractivity contribution in [3.05, 3.63) is 203 Å². The second-order valence-electron chi connectivity index (χ2n) is 13.9. The Morgan fingerprint density at radius 3 is 1.45 bits per heavy atom. The van der Waals surface area contributed by atoms with Gasteiger partial charge in [0.2, 0.25) is 12.4 Å². The lowest BCUT2D eigenvalue weighted by molar-refractivity contribution is -0.284. The van der Waals surface area contributed by atoms with Crippen molar-refractivity contribution in [1.82, 2.24) is 0 Å². The minimum atomic E-state index is -1.58. The zero-order chi connectivity index (χ0) is 41.8. The Hall–Kier alpha value is -7.24. The van der Waals surface area contributed by atoms with Gasteiger partial charge in [-0.3, -0.25) is 0 Å². The van der Waals surface area contributed by atoms with Gasteiger partial charge in [-0.05, 0) is 84.8 Å². The molecular formula is C49H42O11. The maximum atomic E-state index is 14.0. The van der Waals surface area contributed by atoms with Gasteiger partial charge in [0, 0.05) is 6.42 Å². The van der Waals surface area contributed by atoms with Crippen LogP contribution in [0.2, 0.25) is 0 Å². The molecule has 0 saturated carbocycles. The van der Waals surface area contributed by atoms with E-state index in [1.165, 1.54) is 0 Å². The van der Waals surface area contributed by atoms with E-state index < -0.39 is 60.7 Å². The molecule has 0 bridgehead atoms. The monoisotopic (exact) mass is 806 g/mol. The van der Waals surface area contributed by atoms with Crippen LogP contribution in [-0.2, 0) is 30.1 Å². The first-order valence-electron chi connectivity index (χ1n) is 19.3. The van der Waals surface area contributed by atoms with E-state index in [1.807, 2.05) is 36.4 Å². The maximum absolute atomic E-state index is 14.0. The first-order chi connectivity index (χ1) is 29.3. The summed E-state index contributed by atoms with van der Waals surface area (Å²) in [5.41, 5.74) is 2.50. The van der Waals surface area contributed by atoms with Crippen LogP contribution in [0.4, 0.5) is 0 Å². The summed E-state index contributed by atoms with van der Waals surface area (Å²) in [5.74, 6) is -2.02. The molecule has 60 heavy (non-hydrogen) atoms. The Kier molecular flexibility index (Phi) is 13.3. The van der Waals surface area contributed by atoms with Gasteiger partial charge >= 0.3 is 23.9 Å². The minimum absolute atomic E-state index is 0.174. The predicted molar refractivity (Wildman–Crippen MR) is 220 cm³/mol. The first-order valence-corrected chi connectivity index (χ1v) is 19.3. The Bertz CT molecular complexity index is 2350. The molecule has 0 unspecified atom stereocenters. The van der Waals surface area contributed by atoms with Crippen LogP contribution in [0.25, 0.3) is 0 Å². The zero-order valence-electron chi connectivity index (χ0n) is 32.8. The van der Waals surface area contributed by atoms with Gasteiger partial charge in [0.05, 0.1) is 29.4 Å². The van der Waals surface area contributed by atoms with Crippen molar-refractivity contribution in [2.75, 3.05) is 7.11 Å². The molecule has 0 N–H and O–H groups in total. The van der Waals surface area contributed by atoms with Gasteiger partial charge in [-0.1, -0.05) is 103 Å². The number of esters is 4. The molecule has 0 aliphatic carbocycles. The van der Waals surface area contributed by atoms with Gasteiger partial charge in [-0.25, -0.2) is 19.2 Å². The van der Waals surface area contributed by atoms with Crippen LogP contribution in [0.1, 0.15) is 59.5 Å². The molecule has 1 heterocycles. The molecule has 0 amide bonds. The molecule has 1 fully saturated rings. The molecule has 1 saturated heterocycles. The third-order valence-electron chi connectivity index (χ3n) is 9.82. The van der Waals surface area contributed by atoms with Crippen LogP contribution in [0, 0.1) is 0 Å². The van der Waals surface area contributed by atoms with Crippen LogP contribution < -0.4 is 9.47 Å². The highest BCUT2D eigenvalue weighted by atomic mass is 16.7. The third kappa shape index (κ3) is 10.1. The normalized spacial score (nSPS) is 18.9. The van der Waals surface area contributed by atoms with E-state index in [-0.39, 0.29) is 22.3 Å². The number of rotatable bonds is 14. The summed E-state index contributed by atoms with van der Waals surface area (Å²) in [6.45, 7) is 1.57. The lowest BCUT2D eigenvalue weighted by Gasteiger charge is -2.45. The quantitative estimate of drug-likeness (QED) is 0.0778. The summed E-state index contributed by atoms with van der Waals surface area (Å²) >= 11 is 0. The molecule has 0 spiro atoms. The van der Waals surface area contributed by atoms with Gasteiger partial charge in [0.25, 0.3) is 0 Å². The lowest BCUT2D eigenvalue weighted by atomic mass is 9.94. The predicted octanol–water partition coefficient (Wildman–Crippen LogP) is 8.31. The second kappa shape index (κ2) is 19.5. The molecule has 1 aliphatic heterocycles. The zero-order valence-corrected chi connectivity index (χ0v) is 32.8. The summed E-state index contributed by atoms with van der Waals surface area (Å²) < 4.78 is 43.3. The van der Waals surface area contributed by atoms with E-state index in [4.69, 9.17) is 33.2 Å². The highest BCUT2D eigenvalue weighted by molar-refractivity contribution is 5.91. The summed E-state index contributed by atoms with van der Waals surface area (Å²) in [5, 5.41) is 0. The molecule has 304 valence electrons. The average molecular weight is 807 g/mol. The van der Waals surface area contributed by atoms with Crippen molar-refractivity contribution in [2.24, 2.45) is 0 Å². The van der Waals surface area contributed by atoms with Crippen LogP contribution in [0.15, 0.2) is 170 Å². The van der Waals surface area contributed by atoms with Gasteiger partial charge in [-0.15, -0.1) is 0 Å². The van der Waals surface area contributed by atoms with Gasteiger partial charge in [0.1, 0.15) is 23.7 Å². The highest BCUT2D eigenvalue weighted by Gasteiger charge is 2.56. The van der Waals surface area contributed by atoms with Crippen LogP contribution in [-0.4, -0.2) is 67.8 Å². The molecule has 11 nitrogen and oxygen atoms in total. The van der Waals surface area contributed by atoms with Crippen molar-refractivity contribution in [1.29, 1.82) is 0 Å². The Labute approximate surface area is 347 Å². The van der Waals surface area contributed by atoms with Crippen molar-refractivity contribution < 1.29 is 52.3 Å². The van der Waals surface area contributed by atoms with Gasteiger partial charge in [-0.2, -0.15) is 0 Å². The van der Waals surface area contributed by atoms with Crippen molar-refractivity contribution in [3.63, 3.8) is 0 Å². The van der Waals surface area contributed by atoms with E-state index in [9.17, 15) is 19.2 Å². The highest BCUT2D eigenvalue weighted by Crippen LogP contribution is 2.35. The standard InChI is InChI=1S/C49H42O11/c1-32(55-45(50)34-17-7-3-8-18-34)41-42(57-46(51)35-19-9-4-10-20-35)43(58-47(52)36-21-11-5-12-22-36)44(59-48(53)37-23-13-6-14-24-37)49(60-41)56-40-26-16-15-25-38(40)31-33-27-29-39(54-2)30-28-33/h3-30,32,41-44,49H,31H2,1-2H3/t32-,41-,42-,43+,44-,49-/m1/s1. The number of benzene rings is 6. The number of carbonyl (C=O) groups is 4. The fourth-order valence-corrected chi connectivity index (χ4v) is 6.73. The molecule has 1 aliphatic rings. The Morgan fingerprint density at radius 1 is 0.517 bits per heavy atom. The number of hydrogen-bond acceptors (Lipinski definition) is 11. The first kappa shape index (κ1) is 40.9. The van der Waals surface area contributed by atoms with Crippen LogP contribution in [0.3, 0.4) is 0 Å².